The van der Waals surface area contributed by atoms with E-state index in [1.54, 1.807) is 0 Å². The molecule has 1 aromatic heterocycles. The molecule has 0 aromatic carbocycles. The summed E-state index contributed by atoms with van der Waals surface area (Å²) in [4.78, 5) is 9.13. The number of aliphatic imine (C=N–C) groups is 1. The maximum absolute atomic E-state index is 4.64. The number of rotatable bonds is 8. The van der Waals surface area contributed by atoms with Crippen molar-refractivity contribution in [2.24, 2.45) is 10.9 Å². The molecule has 0 fully saturated rings. The SMILES string of the molecule is CCNC(=NCc1cccc(C)n1)NC(C)CCCC(C)C.I. The molecule has 0 saturated heterocycles. The minimum absolute atomic E-state index is 0. The zero-order valence-electron chi connectivity index (χ0n) is 15.2. The number of aromatic nitrogens is 1. The molecule has 23 heavy (non-hydrogen) atoms. The largest absolute Gasteiger partial charge is 0.357 e. The van der Waals surface area contributed by atoms with Crippen LogP contribution in [0.1, 0.15) is 58.3 Å². The molecule has 1 heterocycles. The van der Waals surface area contributed by atoms with Gasteiger partial charge < -0.3 is 10.6 Å². The number of guanidine groups is 1. The van der Waals surface area contributed by atoms with Gasteiger partial charge >= 0.3 is 0 Å². The summed E-state index contributed by atoms with van der Waals surface area (Å²) in [5.74, 6) is 1.66. The Morgan fingerprint density at radius 3 is 2.57 bits per heavy atom. The Labute approximate surface area is 159 Å². The average Bonchev–Trinajstić information content (AvgIpc) is 2.44. The van der Waals surface area contributed by atoms with Gasteiger partial charge in [-0.05, 0) is 45.2 Å². The Morgan fingerprint density at radius 2 is 1.96 bits per heavy atom. The minimum Gasteiger partial charge on any atom is -0.357 e. The van der Waals surface area contributed by atoms with E-state index >= 15 is 0 Å². The topological polar surface area (TPSA) is 49.3 Å². The van der Waals surface area contributed by atoms with Crippen LogP contribution in [0.15, 0.2) is 23.2 Å². The lowest BCUT2D eigenvalue weighted by molar-refractivity contribution is 0.491. The quantitative estimate of drug-likeness (QED) is 0.366. The van der Waals surface area contributed by atoms with Gasteiger partial charge in [-0.15, -0.1) is 24.0 Å². The first kappa shape index (κ1) is 22.1. The monoisotopic (exact) mass is 432 g/mol. The molecular formula is C18H33IN4. The van der Waals surface area contributed by atoms with Crippen molar-refractivity contribution in [2.75, 3.05) is 6.54 Å². The van der Waals surface area contributed by atoms with E-state index in [1.165, 1.54) is 19.3 Å². The van der Waals surface area contributed by atoms with Crippen molar-refractivity contribution in [3.63, 3.8) is 0 Å². The van der Waals surface area contributed by atoms with E-state index in [1.807, 2.05) is 25.1 Å². The molecule has 5 heteroatoms. The number of nitrogens with one attached hydrogen (secondary N) is 2. The molecule has 0 spiro atoms. The van der Waals surface area contributed by atoms with Gasteiger partial charge in [-0.25, -0.2) is 4.99 Å². The van der Waals surface area contributed by atoms with Crippen molar-refractivity contribution in [1.82, 2.24) is 15.6 Å². The van der Waals surface area contributed by atoms with Crippen molar-refractivity contribution in [3.05, 3.63) is 29.6 Å². The van der Waals surface area contributed by atoms with Gasteiger partial charge in [0.05, 0.1) is 12.2 Å². The molecule has 1 atom stereocenters. The van der Waals surface area contributed by atoms with Crippen LogP contribution in [0.25, 0.3) is 0 Å². The van der Waals surface area contributed by atoms with Crippen molar-refractivity contribution >= 4 is 29.9 Å². The molecule has 132 valence electrons. The van der Waals surface area contributed by atoms with Crippen molar-refractivity contribution in [1.29, 1.82) is 0 Å². The zero-order valence-corrected chi connectivity index (χ0v) is 17.6. The molecule has 0 amide bonds. The Balaban J connectivity index is 0.00000484. The standard InChI is InChI=1S/C18H32N4.HI/c1-6-19-18(22-16(5)10-7-9-14(2)3)20-13-17-12-8-11-15(4)21-17;/h8,11-12,14,16H,6-7,9-10,13H2,1-5H3,(H2,19,20,22);1H. The van der Waals surface area contributed by atoms with Gasteiger partial charge in [0.1, 0.15) is 0 Å². The lowest BCUT2D eigenvalue weighted by atomic mass is 10.0. The van der Waals surface area contributed by atoms with Crippen LogP contribution >= 0.6 is 24.0 Å². The first-order chi connectivity index (χ1) is 10.5. The number of nitrogens with zero attached hydrogens (tertiary/aromatic N) is 2. The third-order valence-corrected chi connectivity index (χ3v) is 3.49. The summed E-state index contributed by atoms with van der Waals surface area (Å²) in [5, 5.41) is 6.80. The fourth-order valence-electron chi connectivity index (χ4n) is 2.31. The summed E-state index contributed by atoms with van der Waals surface area (Å²) in [6.45, 7) is 12.3. The molecule has 1 rings (SSSR count). The fraction of sp³-hybridized carbons (Fsp3) is 0.667. The molecule has 2 N–H and O–H groups in total. The number of hydrogen-bond acceptors (Lipinski definition) is 2. The molecule has 1 unspecified atom stereocenters. The summed E-state index contributed by atoms with van der Waals surface area (Å²) in [6, 6.07) is 6.49. The van der Waals surface area contributed by atoms with Gasteiger partial charge in [-0.2, -0.15) is 0 Å². The van der Waals surface area contributed by atoms with Gasteiger partial charge in [0, 0.05) is 18.3 Å². The van der Waals surface area contributed by atoms with Crippen LogP contribution in [0.5, 0.6) is 0 Å². The average molecular weight is 432 g/mol. The van der Waals surface area contributed by atoms with E-state index in [0.29, 0.717) is 12.6 Å². The van der Waals surface area contributed by atoms with Crippen LogP contribution in [0.3, 0.4) is 0 Å². The summed E-state index contributed by atoms with van der Waals surface area (Å²) in [7, 11) is 0. The van der Waals surface area contributed by atoms with Crippen LogP contribution < -0.4 is 10.6 Å². The molecule has 0 bridgehead atoms. The van der Waals surface area contributed by atoms with Crippen molar-refractivity contribution < 1.29 is 0 Å². The Morgan fingerprint density at radius 1 is 1.22 bits per heavy atom. The summed E-state index contributed by atoms with van der Waals surface area (Å²) >= 11 is 0. The fourth-order valence-corrected chi connectivity index (χ4v) is 2.31. The number of aryl methyl sites for hydroxylation is 1. The number of pyridine rings is 1. The van der Waals surface area contributed by atoms with Gasteiger partial charge in [0.25, 0.3) is 0 Å². The third-order valence-electron chi connectivity index (χ3n) is 3.49. The van der Waals surface area contributed by atoms with E-state index in [4.69, 9.17) is 0 Å². The van der Waals surface area contributed by atoms with Crippen LogP contribution in [-0.4, -0.2) is 23.5 Å². The normalized spacial score (nSPS) is 12.7. The molecule has 0 aliphatic heterocycles. The van der Waals surface area contributed by atoms with Crippen LogP contribution in [-0.2, 0) is 6.54 Å². The van der Waals surface area contributed by atoms with Crippen molar-refractivity contribution in [2.45, 2.75) is 66.5 Å². The Hall–Kier alpha value is -0.850. The number of hydrogen-bond donors (Lipinski definition) is 2. The summed E-state index contributed by atoms with van der Waals surface area (Å²) in [5.41, 5.74) is 2.04. The van der Waals surface area contributed by atoms with Gasteiger partial charge in [0.2, 0.25) is 0 Å². The minimum atomic E-state index is 0. The second-order valence-corrected chi connectivity index (χ2v) is 6.34. The summed E-state index contributed by atoms with van der Waals surface area (Å²) < 4.78 is 0. The van der Waals surface area contributed by atoms with Gasteiger partial charge in [-0.1, -0.05) is 32.8 Å². The second kappa shape index (κ2) is 12.6. The smallest absolute Gasteiger partial charge is 0.191 e. The van der Waals surface area contributed by atoms with E-state index in [0.717, 1.165) is 29.8 Å². The molecule has 1 aromatic rings. The molecule has 0 radical (unpaired) electrons. The first-order valence-corrected chi connectivity index (χ1v) is 8.48. The van der Waals surface area contributed by atoms with E-state index < -0.39 is 0 Å². The van der Waals surface area contributed by atoms with Crippen LogP contribution in [0.2, 0.25) is 0 Å². The molecule has 0 saturated carbocycles. The zero-order chi connectivity index (χ0) is 16.4. The Bertz CT molecular complexity index is 460. The van der Waals surface area contributed by atoms with Crippen LogP contribution in [0.4, 0.5) is 0 Å². The second-order valence-electron chi connectivity index (χ2n) is 6.34. The van der Waals surface area contributed by atoms with Gasteiger partial charge in [-0.3, -0.25) is 4.98 Å². The lowest BCUT2D eigenvalue weighted by Gasteiger charge is -2.18. The maximum atomic E-state index is 4.64. The molecule has 4 nitrogen and oxygen atoms in total. The van der Waals surface area contributed by atoms with Crippen LogP contribution in [0, 0.1) is 12.8 Å². The van der Waals surface area contributed by atoms with Gasteiger partial charge in [0.15, 0.2) is 5.96 Å². The maximum Gasteiger partial charge on any atom is 0.191 e. The Kier molecular flexibility index (Phi) is 12.1. The first-order valence-electron chi connectivity index (χ1n) is 8.48. The molecule has 0 aliphatic rings. The van der Waals surface area contributed by atoms with E-state index in [-0.39, 0.29) is 24.0 Å². The predicted molar refractivity (Wildman–Crippen MR) is 110 cm³/mol. The highest BCUT2D eigenvalue weighted by Gasteiger charge is 2.06. The highest BCUT2D eigenvalue weighted by atomic mass is 127. The highest BCUT2D eigenvalue weighted by Crippen LogP contribution is 2.08. The number of halogens is 1. The predicted octanol–water partition coefficient (Wildman–Crippen LogP) is 4.28. The highest BCUT2D eigenvalue weighted by molar-refractivity contribution is 14.0. The molecular weight excluding hydrogens is 399 g/mol. The third kappa shape index (κ3) is 10.5. The van der Waals surface area contributed by atoms with E-state index in [2.05, 4.69) is 48.3 Å². The van der Waals surface area contributed by atoms with Crippen molar-refractivity contribution in [3.8, 4) is 0 Å². The molecule has 0 aliphatic carbocycles. The summed E-state index contributed by atoms with van der Waals surface area (Å²) in [6.07, 6.45) is 3.71. The van der Waals surface area contributed by atoms with E-state index in [9.17, 15) is 0 Å². The lowest BCUT2D eigenvalue weighted by Crippen LogP contribution is -2.42.